The summed E-state index contributed by atoms with van der Waals surface area (Å²) in [6, 6.07) is 17.0. The minimum absolute atomic E-state index is 0.0160. The molecule has 3 atom stereocenters. The van der Waals surface area contributed by atoms with Crippen LogP contribution in [0.2, 0.25) is 19.6 Å². The largest absolute Gasteiger partial charge is 0.431 e. The number of ether oxygens (including phenoxy) is 2. The minimum Gasteiger partial charge on any atom is -0.431 e. The first-order valence-corrected chi connectivity index (χ1v) is 14.4. The molecule has 1 heterocycles. The van der Waals surface area contributed by atoms with Gasteiger partial charge in [0.25, 0.3) is 0 Å². The molecule has 4 nitrogen and oxygen atoms in total. The lowest BCUT2D eigenvalue weighted by molar-refractivity contribution is -0.172. The summed E-state index contributed by atoms with van der Waals surface area (Å²) in [5, 5.41) is 10.8. The zero-order chi connectivity index (χ0) is 21.8. The van der Waals surface area contributed by atoms with Crippen LogP contribution in [-0.2, 0) is 9.47 Å². The second kappa shape index (κ2) is 9.40. The number of esters is 1. The normalized spacial score (nSPS) is 23.9. The maximum absolute atomic E-state index is 12.6. The minimum atomic E-state index is -1.65. The predicted octanol–water partition coefficient (Wildman–Crippen LogP) is 4.67. The Bertz CT molecular complexity index is 928. The topological polar surface area (TPSA) is 55.8 Å². The van der Waals surface area contributed by atoms with Crippen LogP contribution in [0, 0.1) is 18.4 Å². The van der Waals surface area contributed by atoms with E-state index in [1.807, 2.05) is 37.3 Å². The molecule has 0 aromatic heterocycles. The summed E-state index contributed by atoms with van der Waals surface area (Å²) in [6.07, 6.45) is -0.409. The first kappa shape index (κ1) is 22.6. The molecule has 158 valence electrons. The van der Waals surface area contributed by atoms with Crippen LogP contribution in [0.5, 0.6) is 0 Å². The van der Waals surface area contributed by atoms with Gasteiger partial charge in [-0.05, 0) is 31.2 Å². The molecule has 0 radical (unpaired) electrons. The molecule has 2 aromatic carbocycles. The molecule has 2 aromatic rings. The fourth-order valence-corrected chi connectivity index (χ4v) is 4.81. The van der Waals surface area contributed by atoms with Gasteiger partial charge >= 0.3 is 5.97 Å². The van der Waals surface area contributed by atoms with Crippen LogP contribution in [-0.4, -0.2) is 42.9 Å². The summed E-state index contributed by atoms with van der Waals surface area (Å²) in [7, 11) is -1.65. The highest BCUT2D eigenvalue weighted by molar-refractivity contribution is 8.00. The molecule has 0 bridgehead atoms. The summed E-state index contributed by atoms with van der Waals surface area (Å²) in [6.45, 7) is 8.46. The molecule has 30 heavy (non-hydrogen) atoms. The van der Waals surface area contributed by atoms with E-state index in [9.17, 15) is 9.90 Å². The van der Waals surface area contributed by atoms with Gasteiger partial charge in [0.1, 0.15) is 13.7 Å². The molecule has 1 aliphatic rings. The smallest absolute Gasteiger partial charge is 0.340 e. The lowest BCUT2D eigenvalue weighted by atomic mass is 9.97. The van der Waals surface area contributed by atoms with Crippen LogP contribution in [0.4, 0.5) is 0 Å². The van der Waals surface area contributed by atoms with E-state index in [0.717, 1.165) is 4.90 Å². The number of thioether (sulfide) groups is 1. The maximum atomic E-state index is 12.6. The Morgan fingerprint density at radius 1 is 1.17 bits per heavy atom. The highest BCUT2D eigenvalue weighted by Crippen LogP contribution is 2.37. The average molecular weight is 441 g/mol. The summed E-state index contributed by atoms with van der Waals surface area (Å²) in [4.78, 5) is 13.6. The Morgan fingerprint density at radius 2 is 1.83 bits per heavy atom. The summed E-state index contributed by atoms with van der Waals surface area (Å²) in [5.41, 5.74) is 3.64. The Kier molecular flexibility index (Phi) is 7.09. The third kappa shape index (κ3) is 6.48. The monoisotopic (exact) mass is 440 g/mol. The van der Waals surface area contributed by atoms with E-state index in [1.165, 1.54) is 17.3 Å². The maximum Gasteiger partial charge on any atom is 0.340 e. The van der Waals surface area contributed by atoms with Crippen molar-refractivity contribution in [3.63, 3.8) is 0 Å². The van der Waals surface area contributed by atoms with Gasteiger partial charge in [0.2, 0.25) is 6.29 Å². The van der Waals surface area contributed by atoms with Crippen LogP contribution in [0.1, 0.15) is 22.3 Å². The van der Waals surface area contributed by atoms with Crippen molar-refractivity contribution in [2.75, 3.05) is 6.61 Å². The van der Waals surface area contributed by atoms with Crippen LogP contribution in [0.15, 0.2) is 59.5 Å². The summed E-state index contributed by atoms with van der Waals surface area (Å²) < 4.78 is 11.6. The molecule has 1 fully saturated rings. The van der Waals surface area contributed by atoms with Crippen molar-refractivity contribution in [2.45, 2.75) is 55.0 Å². The fraction of sp³-hybridized carbons (Fsp3) is 0.375. The van der Waals surface area contributed by atoms with Crippen LogP contribution in [0.25, 0.3) is 0 Å². The zero-order valence-corrected chi connectivity index (χ0v) is 19.7. The van der Waals surface area contributed by atoms with E-state index in [4.69, 9.17) is 9.47 Å². The summed E-state index contributed by atoms with van der Waals surface area (Å²) in [5.74, 6) is 2.62. The number of carbonyl (C=O) groups excluding carboxylic acids is 1. The molecular formula is C24H28O4SSi. The molecular weight excluding hydrogens is 412 g/mol. The van der Waals surface area contributed by atoms with E-state index in [-0.39, 0.29) is 11.9 Å². The molecule has 0 aliphatic carbocycles. The van der Waals surface area contributed by atoms with Crippen molar-refractivity contribution in [1.82, 2.24) is 0 Å². The number of benzene rings is 2. The molecule has 0 saturated carbocycles. The fourth-order valence-electron chi connectivity index (χ4n) is 2.95. The average Bonchev–Trinajstić information content (AvgIpc) is 2.71. The molecule has 0 amide bonds. The Balaban J connectivity index is 1.80. The van der Waals surface area contributed by atoms with E-state index < -0.39 is 25.9 Å². The lowest BCUT2D eigenvalue weighted by Crippen LogP contribution is -2.49. The van der Waals surface area contributed by atoms with Crippen molar-refractivity contribution < 1.29 is 19.4 Å². The van der Waals surface area contributed by atoms with Crippen LogP contribution >= 0.6 is 11.8 Å². The number of rotatable bonds is 4. The highest BCUT2D eigenvalue weighted by atomic mass is 32.2. The van der Waals surface area contributed by atoms with Gasteiger partial charge in [0.05, 0.1) is 17.4 Å². The van der Waals surface area contributed by atoms with E-state index in [2.05, 4.69) is 31.1 Å². The van der Waals surface area contributed by atoms with Gasteiger partial charge in [0.15, 0.2) is 0 Å². The van der Waals surface area contributed by atoms with Gasteiger partial charge < -0.3 is 14.6 Å². The van der Waals surface area contributed by atoms with Crippen molar-refractivity contribution in [3.8, 4) is 11.5 Å². The van der Waals surface area contributed by atoms with Gasteiger partial charge in [0, 0.05) is 11.3 Å². The number of hydrogen-bond acceptors (Lipinski definition) is 5. The molecule has 0 spiro atoms. The van der Waals surface area contributed by atoms with Crippen LogP contribution < -0.4 is 0 Å². The molecule has 1 N–H and O–H groups in total. The number of aliphatic hydroxyl groups is 1. The Morgan fingerprint density at radius 3 is 2.47 bits per heavy atom. The van der Waals surface area contributed by atoms with Crippen LogP contribution in [0.3, 0.4) is 0 Å². The predicted molar refractivity (Wildman–Crippen MR) is 123 cm³/mol. The zero-order valence-electron chi connectivity index (χ0n) is 17.8. The van der Waals surface area contributed by atoms with Gasteiger partial charge in [-0.1, -0.05) is 61.5 Å². The second-order valence-corrected chi connectivity index (χ2v) is 14.7. The number of aryl methyl sites for hydroxylation is 1. The second-order valence-electron chi connectivity index (χ2n) is 8.66. The molecule has 3 rings (SSSR count). The number of carbonyl (C=O) groups is 1. The highest BCUT2D eigenvalue weighted by Gasteiger charge is 2.42. The molecule has 1 aliphatic heterocycles. The van der Waals surface area contributed by atoms with Gasteiger partial charge in [-0.2, -0.15) is 0 Å². The van der Waals surface area contributed by atoms with Gasteiger partial charge in [-0.25, -0.2) is 4.79 Å². The van der Waals surface area contributed by atoms with Crippen molar-refractivity contribution in [3.05, 3.63) is 65.7 Å². The molecule has 0 unspecified atom stereocenters. The van der Waals surface area contributed by atoms with E-state index >= 15 is 0 Å². The van der Waals surface area contributed by atoms with Gasteiger partial charge in [-0.3, -0.25) is 0 Å². The number of hydrogen-bond donors (Lipinski definition) is 1. The molecule has 1 saturated heterocycles. The Labute approximate surface area is 184 Å². The summed E-state index contributed by atoms with van der Waals surface area (Å²) >= 11 is 1.54. The Hall–Kier alpha value is -2.04. The van der Waals surface area contributed by atoms with Gasteiger partial charge in [-0.15, -0.1) is 17.3 Å². The lowest BCUT2D eigenvalue weighted by Gasteiger charge is -2.38. The van der Waals surface area contributed by atoms with Crippen molar-refractivity contribution >= 4 is 25.8 Å². The van der Waals surface area contributed by atoms with E-state index in [0.29, 0.717) is 12.0 Å². The van der Waals surface area contributed by atoms with E-state index in [1.54, 1.807) is 24.3 Å². The van der Waals surface area contributed by atoms with Crippen molar-refractivity contribution in [2.24, 2.45) is 0 Å². The standard InChI is InChI=1S/C24H28O4SSi/c1-18-10-12-20(13-11-18)29-21-16-24(26,14-15-30(2,3)4)17-27-23(21)28-22(25)19-8-6-5-7-9-19/h5-13,21,23,26H,16-17H2,1-4H3/t21-,23+,24+/m1/s1. The van der Waals surface area contributed by atoms with Crippen molar-refractivity contribution in [1.29, 1.82) is 0 Å². The quantitative estimate of drug-likeness (QED) is 0.425. The SMILES string of the molecule is Cc1ccc(S[C@@H]2C[C@@](O)(C#C[Si](C)(C)C)CO[C@H]2OC(=O)c2ccccc2)cc1. The third-order valence-corrected chi connectivity index (χ3v) is 6.65. The first-order chi connectivity index (χ1) is 14.1. The molecule has 6 heteroatoms. The first-order valence-electron chi connectivity index (χ1n) is 10.0. The third-order valence-electron chi connectivity index (χ3n) is 4.54.